The second-order valence-corrected chi connectivity index (χ2v) is 6.08. The smallest absolute Gasteiger partial charge is 0.290 e. The first kappa shape index (κ1) is 28.7. The zero-order chi connectivity index (χ0) is 22.7. The molecule has 1 aromatic rings. The molecule has 1 atom stereocenters. The Morgan fingerprint density at radius 3 is 2.24 bits per heavy atom. The van der Waals surface area contributed by atoms with Gasteiger partial charge in [0.25, 0.3) is 6.47 Å². The van der Waals surface area contributed by atoms with E-state index in [0.29, 0.717) is 5.96 Å². The van der Waals surface area contributed by atoms with E-state index in [-0.39, 0.29) is 19.1 Å². The second kappa shape index (κ2) is 18.8. The first-order valence-corrected chi connectivity index (χ1v) is 10.2. The molecular weight excluding hydrogens is 368 g/mol. The van der Waals surface area contributed by atoms with Gasteiger partial charge in [-0.2, -0.15) is 0 Å². The summed E-state index contributed by atoms with van der Waals surface area (Å²) in [5.74, 6) is 1.53. The Hall–Kier alpha value is -2.54. The standard InChI is InChI=1S/C17H26N4.C2H6O.C2H6.CH2O2/c1-4-5-10-19-16-15(13(3)20-17(18)21-16)11-14-8-6-12(2)7-9-14;1-2-3;1-2;2-1-3/h6-9,13,19H,4-5,10-11H2,1-3H3,(H3,18,20,21);3H,2H2,1H3;1-2H3;1H,(H,2,3). The van der Waals surface area contributed by atoms with Crippen LogP contribution in [0.1, 0.15) is 58.6 Å². The number of nitrogens with two attached hydrogens (primary N) is 1. The Labute approximate surface area is 176 Å². The van der Waals surface area contributed by atoms with Gasteiger partial charge in [-0.05, 0) is 44.7 Å². The van der Waals surface area contributed by atoms with Crippen molar-refractivity contribution in [2.24, 2.45) is 10.7 Å². The molecule has 6 N–H and O–H groups in total. The number of aliphatic hydroxyl groups is 1. The molecule has 7 nitrogen and oxygen atoms in total. The van der Waals surface area contributed by atoms with Crippen LogP contribution in [0.4, 0.5) is 0 Å². The number of aliphatic hydroxyl groups excluding tert-OH is 1. The molecule has 166 valence electrons. The van der Waals surface area contributed by atoms with E-state index >= 15 is 0 Å². The number of carboxylic acid groups (broad SMARTS) is 1. The van der Waals surface area contributed by atoms with Crippen LogP contribution in [0, 0.1) is 6.92 Å². The molecule has 29 heavy (non-hydrogen) atoms. The van der Waals surface area contributed by atoms with Crippen LogP contribution >= 0.6 is 0 Å². The van der Waals surface area contributed by atoms with Crippen LogP contribution in [-0.2, 0) is 11.2 Å². The predicted molar refractivity (Wildman–Crippen MR) is 122 cm³/mol. The third-order valence-corrected chi connectivity index (χ3v) is 3.76. The maximum absolute atomic E-state index is 8.36. The quantitative estimate of drug-likeness (QED) is 0.364. The van der Waals surface area contributed by atoms with Gasteiger partial charge in [0, 0.05) is 13.2 Å². The van der Waals surface area contributed by atoms with Crippen molar-refractivity contribution in [3.05, 3.63) is 46.8 Å². The Kier molecular flexibility index (Phi) is 18.6. The molecule has 0 aliphatic carbocycles. The van der Waals surface area contributed by atoms with Crippen molar-refractivity contribution in [1.29, 1.82) is 0 Å². The molecule has 0 aromatic heterocycles. The van der Waals surface area contributed by atoms with Crippen LogP contribution in [0.25, 0.3) is 0 Å². The molecule has 2 rings (SSSR count). The second-order valence-electron chi connectivity index (χ2n) is 6.08. The summed E-state index contributed by atoms with van der Waals surface area (Å²) in [6.45, 7) is 13.0. The number of nitrogens with one attached hydrogen (secondary N) is 2. The number of hydrogen-bond donors (Lipinski definition) is 5. The average Bonchev–Trinajstić information content (AvgIpc) is 2.69. The van der Waals surface area contributed by atoms with Gasteiger partial charge in [0.05, 0.1) is 6.04 Å². The van der Waals surface area contributed by atoms with Gasteiger partial charge in [0.2, 0.25) is 0 Å². The molecule has 0 saturated carbocycles. The number of hydrogen-bond acceptors (Lipinski definition) is 6. The predicted octanol–water partition coefficient (Wildman–Crippen LogP) is 3.17. The Morgan fingerprint density at radius 1 is 1.24 bits per heavy atom. The molecule has 1 aliphatic rings. The summed E-state index contributed by atoms with van der Waals surface area (Å²) in [6.07, 6.45) is 3.21. The molecule has 0 saturated heterocycles. The lowest BCUT2D eigenvalue weighted by molar-refractivity contribution is -0.122. The number of unbranched alkanes of at least 4 members (excludes halogenated alkanes) is 1. The van der Waals surface area contributed by atoms with Gasteiger partial charge in [-0.25, -0.2) is 4.99 Å². The highest BCUT2D eigenvalue weighted by Crippen LogP contribution is 2.19. The van der Waals surface area contributed by atoms with Crippen molar-refractivity contribution in [2.45, 2.75) is 66.8 Å². The number of carbonyl (C=O) groups is 1. The summed E-state index contributed by atoms with van der Waals surface area (Å²) < 4.78 is 0. The fourth-order valence-corrected chi connectivity index (χ4v) is 2.45. The number of guanidine groups is 1. The van der Waals surface area contributed by atoms with Gasteiger partial charge in [-0.1, -0.05) is 57.0 Å². The molecule has 1 heterocycles. The van der Waals surface area contributed by atoms with Gasteiger partial charge in [-0.3, -0.25) is 4.79 Å². The number of aliphatic imine (C=N–C) groups is 1. The monoisotopic (exact) mass is 408 g/mol. The topological polar surface area (TPSA) is 120 Å². The number of nitrogens with zero attached hydrogens (tertiary/aromatic N) is 1. The first-order valence-electron chi connectivity index (χ1n) is 10.2. The van der Waals surface area contributed by atoms with Crippen LogP contribution in [0.15, 0.2) is 40.7 Å². The van der Waals surface area contributed by atoms with E-state index in [0.717, 1.165) is 25.2 Å². The van der Waals surface area contributed by atoms with Gasteiger partial charge < -0.3 is 26.6 Å². The van der Waals surface area contributed by atoms with E-state index in [9.17, 15) is 0 Å². The fourth-order valence-electron chi connectivity index (χ4n) is 2.45. The van der Waals surface area contributed by atoms with E-state index < -0.39 is 0 Å². The van der Waals surface area contributed by atoms with E-state index in [4.69, 9.17) is 20.7 Å². The average molecular weight is 409 g/mol. The third-order valence-electron chi connectivity index (χ3n) is 3.76. The number of aryl methyl sites for hydroxylation is 1. The van der Waals surface area contributed by atoms with E-state index in [1.54, 1.807) is 6.92 Å². The maximum Gasteiger partial charge on any atom is 0.290 e. The lowest BCUT2D eigenvalue weighted by atomic mass is 9.98. The Morgan fingerprint density at radius 2 is 1.76 bits per heavy atom. The summed E-state index contributed by atoms with van der Waals surface area (Å²) in [6, 6.07) is 8.77. The van der Waals surface area contributed by atoms with E-state index in [1.165, 1.54) is 23.1 Å². The van der Waals surface area contributed by atoms with Crippen LogP contribution < -0.4 is 16.4 Å². The summed E-state index contributed by atoms with van der Waals surface area (Å²) >= 11 is 0. The molecule has 1 aliphatic heterocycles. The molecule has 0 amide bonds. The highest BCUT2D eigenvalue weighted by Gasteiger charge is 2.19. The Balaban J connectivity index is 0. The third kappa shape index (κ3) is 13.3. The van der Waals surface area contributed by atoms with Crippen molar-refractivity contribution < 1.29 is 15.0 Å². The molecule has 0 fully saturated rings. The van der Waals surface area contributed by atoms with Crippen molar-refractivity contribution in [2.75, 3.05) is 13.2 Å². The van der Waals surface area contributed by atoms with Crippen molar-refractivity contribution in [3.63, 3.8) is 0 Å². The first-order chi connectivity index (χ1) is 13.9. The summed E-state index contributed by atoms with van der Waals surface area (Å²) in [5, 5.41) is 21.1. The van der Waals surface area contributed by atoms with Crippen LogP contribution in [0.3, 0.4) is 0 Å². The van der Waals surface area contributed by atoms with E-state index in [2.05, 4.69) is 60.7 Å². The zero-order valence-corrected chi connectivity index (χ0v) is 18.8. The normalized spacial score (nSPS) is 14.4. The summed E-state index contributed by atoms with van der Waals surface area (Å²) in [7, 11) is 0. The minimum atomic E-state index is -0.250. The fraction of sp³-hybridized carbons (Fsp3) is 0.545. The lowest BCUT2D eigenvalue weighted by Gasteiger charge is -2.26. The largest absolute Gasteiger partial charge is 0.483 e. The molecule has 0 bridgehead atoms. The molecular formula is C22H40N4O3. The van der Waals surface area contributed by atoms with Crippen LogP contribution in [0.2, 0.25) is 0 Å². The Bertz CT molecular complexity index is 599. The molecule has 1 unspecified atom stereocenters. The molecule has 1 aromatic carbocycles. The van der Waals surface area contributed by atoms with Gasteiger partial charge in [0.1, 0.15) is 5.82 Å². The minimum absolute atomic E-state index is 0.108. The summed E-state index contributed by atoms with van der Waals surface area (Å²) in [5.41, 5.74) is 9.71. The highest BCUT2D eigenvalue weighted by atomic mass is 16.3. The highest BCUT2D eigenvalue weighted by molar-refractivity contribution is 5.81. The molecule has 0 spiro atoms. The molecule has 0 radical (unpaired) electrons. The van der Waals surface area contributed by atoms with Crippen LogP contribution in [0.5, 0.6) is 0 Å². The van der Waals surface area contributed by atoms with Crippen molar-refractivity contribution >= 4 is 12.4 Å². The van der Waals surface area contributed by atoms with Crippen molar-refractivity contribution in [3.8, 4) is 0 Å². The van der Waals surface area contributed by atoms with Crippen molar-refractivity contribution in [1.82, 2.24) is 10.6 Å². The molecule has 7 heteroatoms. The zero-order valence-electron chi connectivity index (χ0n) is 18.8. The number of rotatable bonds is 6. The van der Waals surface area contributed by atoms with Gasteiger partial charge >= 0.3 is 0 Å². The van der Waals surface area contributed by atoms with Crippen LogP contribution in [-0.4, -0.2) is 41.8 Å². The minimum Gasteiger partial charge on any atom is -0.483 e. The maximum atomic E-state index is 8.36. The number of benzene rings is 1. The van der Waals surface area contributed by atoms with Gasteiger partial charge in [0.15, 0.2) is 5.96 Å². The SMILES string of the molecule is CC.CCCCNC1=C(Cc2ccc(C)cc2)C(C)N=C(N)N1.CCO.O=CO. The summed E-state index contributed by atoms with van der Waals surface area (Å²) in [4.78, 5) is 12.8. The lowest BCUT2D eigenvalue weighted by Crippen LogP contribution is -2.43. The van der Waals surface area contributed by atoms with Gasteiger partial charge in [-0.15, -0.1) is 0 Å². The van der Waals surface area contributed by atoms with E-state index in [1.807, 2.05) is 13.8 Å².